The van der Waals surface area contributed by atoms with Gasteiger partial charge in [-0.2, -0.15) is 0 Å². The first kappa shape index (κ1) is 26.9. The third-order valence-electron chi connectivity index (χ3n) is 4.97. The summed E-state index contributed by atoms with van der Waals surface area (Å²) in [7, 11) is 3.31. The van der Waals surface area contributed by atoms with Crippen molar-refractivity contribution in [1.29, 1.82) is 0 Å². The van der Waals surface area contributed by atoms with E-state index in [1.807, 2.05) is 12.1 Å². The minimum atomic E-state index is -0.362. The summed E-state index contributed by atoms with van der Waals surface area (Å²) in [6.07, 6.45) is 13.5. The third kappa shape index (κ3) is 11.3. The molecule has 0 aromatic heterocycles. The van der Waals surface area contributed by atoms with Crippen molar-refractivity contribution < 1.29 is 19.0 Å². The molecule has 0 atom stereocenters. The van der Waals surface area contributed by atoms with Crippen molar-refractivity contribution in [2.24, 2.45) is 5.73 Å². The second-order valence-electron chi connectivity index (χ2n) is 7.24. The quantitative estimate of drug-likeness (QED) is 0.567. The van der Waals surface area contributed by atoms with Crippen molar-refractivity contribution in [2.45, 2.75) is 32.1 Å². The van der Waals surface area contributed by atoms with Gasteiger partial charge in [0.15, 0.2) is 0 Å². The molecule has 2 aromatic carbocycles. The van der Waals surface area contributed by atoms with E-state index in [-0.39, 0.29) is 12.3 Å². The highest BCUT2D eigenvalue weighted by molar-refractivity contribution is 5.73. The number of likely N-dealkylation sites (tertiary alicyclic amines) is 1. The first-order chi connectivity index (χ1) is 15.6. The summed E-state index contributed by atoms with van der Waals surface area (Å²) < 4.78 is 15.4. The Morgan fingerprint density at radius 2 is 1.41 bits per heavy atom. The number of nitrogens with zero attached hydrogens (tertiary/aromatic N) is 1. The van der Waals surface area contributed by atoms with Crippen molar-refractivity contribution in [3.8, 4) is 30.1 Å². The molecule has 0 unspecified atom stereocenters. The van der Waals surface area contributed by atoms with Crippen LogP contribution in [0.1, 0.15) is 31.2 Å². The van der Waals surface area contributed by atoms with E-state index in [1.54, 1.807) is 38.5 Å². The Bertz CT molecular complexity index is 767. The number of amides is 1. The van der Waals surface area contributed by atoms with Crippen LogP contribution in [0.4, 0.5) is 0 Å². The summed E-state index contributed by atoms with van der Waals surface area (Å²) in [5.41, 5.74) is 6.38. The maximum atomic E-state index is 10.4. The van der Waals surface area contributed by atoms with Crippen LogP contribution in [0, 0.1) is 12.8 Å². The van der Waals surface area contributed by atoms with Gasteiger partial charge in [-0.1, -0.05) is 12.1 Å². The molecule has 0 bridgehead atoms. The summed E-state index contributed by atoms with van der Waals surface area (Å²) in [6.45, 7) is 4.18. The normalized spacial score (nSPS) is 12.5. The lowest BCUT2D eigenvalue weighted by molar-refractivity contribution is -0.118. The number of aryl methyl sites for hydroxylation is 1. The number of nitrogens with two attached hydrogens (primary N) is 1. The number of terminal acetylenes is 1. The molecule has 6 heteroatoms. The van der Waals surface area contributed by atoms with Crippen LogP contribution in [0.3, 0.4) is 0 Å². The van der Waals surface area contributed by atoms with E-state index in [1.165, 1.54) is 50.9 Å². The molecule has 6 nitrogen and oxygen atoms in total. The number of hydrogen-bond acceptors (Lipinski definition) is 5. The van der Waals surface area contributed by atoms with E-state index in [0.717, 1.165) is 11.5 Å². The van der Waals surface area contributed by atoms with Crippen molar-refractivity contribution in [3.63, 3.8) is 0 Å². The standard InChI is InChI=1S/C14H21NO.C10H13NO3.C2H2/c1-16-14-8-6-13(7-9-14)5-4-12-15-10-2-3-11-15;1-13-8-2-4-9(5-3-8)14-7-6-10(11)12;1-2/h6-9H,2-5,10-12H2,1H3;2-5H,6-7H2,1H3,(H2,11,12);1-2H. The van der Waals surface area contributed by atoms with Crippen LogP contribution in [-0.4, -0.2) is 51.3 Å². The van der Waals surface area contributed by atoms with Gasteiger partial charge in [0, 0.05) is 0 Å². The zero-order chi connectivity index (χ0) is 23.6. The summed E-state index contributed by atoms with van der Waals surface area (Å²) in [4.78, 5) is 13.0. The lowest BCUT2D eigenvalue weighted by Gasteiger charge is -2.13. The Labute approximate surface area is 192 Å². The minimum Gasteiger partial charge on any atom is -0.497 e. The molecule has 1 aliphatic rings. The van der Waals surface area contributed by atoms with Crippen LogP contribution in [0.2, 0.25) is 0 Å². The topological polar surface area (TPSA) is 74.0 Å². The first-order valence-corrected chi connectivity index (χ1v) is 10.8. The maximum Gasteiger partial charge on any atom is 0.220 e. The van der Waals surface area contributed by atoms with Gasteiger partial charge in [0.25, 0.3) is 0 Å². The van der Waals surface area contributed by atoms with Gasteiger partial charge in [-0.05, 0) is 87.3 Å². The fourth-order valence-corrected chi connectivity index (χ4v) is 3.25. The average molecular weight is 441 g/mol. The monoisotopic (exact) mass is 440 g/mol. The van der Waals surface area contributed by atoms with Crippen molar-refractivity contribution in [1.82, 2.24) is 4.90 Å². The van der Waals surface area contributed by atoms with Gasteiger partial charge in [0.05, 0.1) is 27.2 Å². The largest absolute Gasteiger partial charge is 0.497 e. The molecule has 2 N–H and O–H groups in total. The smallest absolute Gasteiger partial charge is 0.220 e. The molecule has 1 heterocycles. The molecular formula is C26H36N2O4. The Morgan fingerprint density at radius 1 is 0.906 bits per heavy atom. The summed E-state index contributed by atoms with van der Waals surface area (Å²) in [5.74, 6) is 2.06. The fraction of sp³-hybridized carbons (Fsp3) is 0.423. The van der Waals surface area contributed by atoms with E-state index < -0.39 is 0 Å². The van der Waals surface area contributed by atoms with Crippen molar-refractivity contribution >= 4 is 5.91 Å². The number of methoxy groups -OCH3 is 2. The lowest BCUT2D eigenvalue weighted by Crippen LogP contribution is -2.20. The molecule has 1 fully saturated rings. The number of rotatable bonds is 10. The van der Waals surface area contributed by atoms with Crippen LogP contribution in [0.25, 0.3) is 0 Å². The number of carbonyl (C=O) groups excluding carboxylic acids is 1. The van der Waals surface area contributed by atoms with E-state index in [9.17, 15) is 4.79 Å². The highest BCUT2D eigenvalue weighted by Crippen LogP contribution is 2.17. The Hall–Kier alpha value is -3.17. The van der Waals surface area contributed by atoms with Crippen LogP contribution < -0.4 is 19.9 Å². The molecule has 1 amide bonds. The van der Waals surface area contributed by atoms with Gasteiger partial charge in [-0.3, -0.25) is 4.79 Å². The predicted octanol–water partition coefficient (Wildman–Crippen LogP) is 3.92. The van der Waals surface area contributed by atoms with Gasteiger partial charge in [-0.25, -0.2) is 0 Å². The van der Waals surface area contributed by atoms with E-state index in [2.05, 4.69) is 29.9 Å². The van der Waals surface area contributed by atoms with Gasteiger partial charge in [0.1, 0.15) is 17.2 Å². The molecule has 0 radical (unpaired) electrons. The molecule has 0 aliphatic carbocycles. The molecule has 0 spiro atoms. The zero-order valence-electron chi connectivity index (χ0n) is 19.3. The molecule has 0 saturated carbocycles. The van der Waals surface area contributed by atoms with Gasteiger partial charge < -0.3 is 24.8 Å². The SMILES string of the molecule is C#C.COc1ccc(CCCN2CCCC2)cc1.COc1ccc(OCCC(N)=O)cc1. The lowest BCUT2D eigenvalue weighted by atomic mass is 10.1. The second kappa shape index (κ2) is 16.5. The number of carbonyl (C=O) groups is 1. The highest BCUT2D eigenvalue weighted by Gasteiger charge is 2.10. The predicted molar refractivity (Wildman–Crippen MR) is 129 cm³/mol. The molecular weight excluding hydrogens is 404 g/mol. The van der Waals surface area contributed by atoms with Gasteiger partial charge in [0.2, 0.25) is 5.91 Å². The van der Waals surface area contributed by atoms with Gasteiger partial charge >= 0.3 is 0 Å². The van der Waals surface area contributed by atoms with Crippen LogP contribution in [0.15, 0.2) is 48.5 Å². The molecule has 32 heavy (non-hydrogen) atoms. The van der Waals surface area contributed by atoms with Crippen LogP contribution in [0.5, 0.6) is 17.2 Å². The summed E-state index contributed by atoms with van der Waals surface area (Å²) >= 11 is 0. The fourth-order valence-electron chi connectivity index (χ4n) is 3.25. The average Bonchev–Trinajstić information content (AvgIpc) is 3.35. The second-order valence-corrected chi connectivity index (χ2v) is 7.24. The molecule has 2 aromatic rings. The van der Waals surface area contributed by atoms with Crippen molar-refractivity contribution in [2.75, 3.05) is 40.5 Å². The Balaban J connectivity index is 0.000000300. The number of ether oxygens (including phenoxy) is 3. The summed E-state index contributed by atoms with van der Waals surface area (Å²) in [6, 6.07) is 15.6. The molecule has 1 saturated heterocycles. The number of hydrogen-bond donors (Lipinski definition) is 1. The highest BCUT2D eigenvalue weighted by atomic mass is 16.5. The van der Waals surface area contributed by atoms with Crippen molar-refractivity contribution in [3.05, 3.63) is 54.1 Å². The zero-order valence-corrected chi connectivity index (χ0v) is 19.3. The Kier molecular flexibility index (Phi) is 13.9. The summed E-state index contributed by atoms with van der Waals surface area (Å²) in [5, 5.41) is 0. The van der Waals surface area contributed by atoms with E-state index in [4.69, 9.17) is 19.9 Å². The molecule has 3 rings (SSSR count). The Morgan fingerprint density at radius 3 is 1.91 bits per heavy atom. The third-order valence-corrected chi connectivity index (χ3v) is 4.97. The molecule has 174 valence electrons. The van der Waals surface area contributed by atoms with Crippen LogP contribution >= 0.6 is 0 Å². The van der Waals surface area contributed by atoms with E-state index in [0.29, 0.717) is 12.4 Å². The van der Waals surface area contributed by atoms with E-state index >= 15 is 0 Å². The number of benzene rings is 2. The minimum absolute atomic E-state index is 0.228. The van der Waals surface area contributed by atoms with Gasteiger partial charge in [-0.15, -0.1) is 12.8 Å². The molecule has 1 aliphatic heterocycles. The maximum absolute atomic E-state index is 10.4. The number of primary amides is 1. The van der Waals surface area contributed by atoms with Crippen LogP contribution in [-0.2, 0) is 11.2 Å². The first-order valence-electron chi connectivity index (χ1n) is 10.8.